The Morgan fingerprint density at radius 1 is 1.05 bits per heavy atom. The molecule has 3 aromatic rings. The van der Waals surface area contributed by atoms with E-state index in [-0.39, 0.29) is 42.1 Å². The minimum atomic E-state index is -4.67. The number of alkyl halides is 3. The van der Waals surface area contributed by atoms with Crippen molar-refractivity contribution in [3.8, 4) is 0 Å². The number of benzene rings is 1. The standard InChI is InChI=1S/C26H27ClF3N5O4/c1-25(2,15-36)24(39)34-8-6-33(7-9-34)23(38)14-35-13-17-10-16(18(27)12-20(17)32-35)11-21(37)19-4-3-5-22(31-19)26(28,29)30/h3-5,10,12-13,36H,6-9,11,14-15H2,1-2H3. The molecular weight excluding hydrogens is 539 g/mol. The number of hydrogen-bond donors (Lipinski definition) is 1. The highest BCUT2D eigenvalue weighted by Crippen LogP contribution is 2.28. The number of carbonyl (C=O) groups excluding carboxylic acids is 3. The van der Waals surface area contributed by atoms with E-state index in [1.54, 1.807) is 35.9 Å². The van der Waals surface area contributed by atoms with Gasteiger partial charge in [-0.15, -0.1) is 0 Å². The number of halogens is 4. The first-order valence-electron chi connectivity index (χ1n) is 12.2. The van der Waals surface area contributed by atoms with Crippen LogP contribution in [0.5, 0.6) is 0 Å². The molecule has 1 saturated heterocycles. The predicted octanol–water partition coefficient (Wildman–Crippen LogP) is 3.22. The molecule has 0 aliphatic carbocycles. The van der Waals surface area contributed by atoms with Crippen molar-refractivity contribution in [3.63, 3.8) is 0 Å². The maximum Gasteiger partial charge on any atom is 0.433 e. The number of aromatic nitrogens is 3. The van der Waals surface area contributed by atoms with Crippen molar-refractivity contribution in [1.29, 1.82) is 0 Å². The third-order valence-corrected chi connectivity index (χ3v) is 6.94. The van der Waals surface area contributed by atoms with Crippen molar-refractivity contribution in [1.82, 2.24) is 24.6 Å². The highest BCUT2D eigenvalue weighted by molar-refractivity contribution is 6.32. The first kappa shape index (κ1) is 28.5. The summed E-state index contributed by atoms with van der Waals surface area (Å²) in [6.07, 6.45) is -3.30. The zero-order valence-electron chi connectivity index (χ0n) is 21.3. The van der Waals surface area contributed by atoms with Crippen molar-refractivity contribution >= 4 is 40.1 Å². The average Bonchev–Trinajstić information content (AvgIpc) is 3.28. The number of pyridine rings is 1. The maximum absolute atomic E-state index is 13.0. The summed E-state index contributed by atoms with van der Waals surface area (Å²) in [5.41, 5.74) is -1.46. The summed E-state index contributed by atoms with van der Waals surface area (Å²) in [5, 5.41) is 14.6. The highest BCUT2D eigenvalue weighted by Gasteiger charge is 2.34. The lowest BCUT2D eigenvalue weighted by Crippen LogP contribution is -2.54. The van der Waals surface area contributed by atoms with Crippen LogP contribution in [0.15, 0.2) is 36.5 Å². The van der Waals surface area contributed by atoms with E-state index in [0.717, 1.165) is 12.1 Å². The van der Waals surface area contributed by atoms with Crippen LogP contribution >= 0.6 is 11.6 Å². The Balaban J connectivity index is 1.41. The molecule has 1 aromatic carbocycles. The van der Waals surface area contributed by atoms with E-state index in [0.29, 0.717) is 42.6 Å². The monoisotopic (exact) mass is 565 g/mol. The van der Waals surface area contributed by atoms with Crippen LogP contribution < -0.4 is 0 Å². The molecule has 0 unspecified atom stereocenters. The number of nitrogens with zero attached hydrogens (tertiary/aromatic N) is 5. The maximum atomic E-state index is 13.0. The molecule has 1 N–H and O–H groups in total. The zero-order chi connectivity index (χ0) is 28.5. The first-order chi connectivity index (χ1) is 18.3. The summed E-state index contributed by atoms with van der Waals surface area (Å²) in [4.78, 5) is 44.8. The summed E-state index contributed by atoms with van der Waals surface area (Å²) in [6.45, 7) is 4.47. The van der Waals surface area contributed by atoms with Gasteiger partial charge in [0.2, 0.25) is 11.8 Å². The molecule has 2 aromatic heterocycles. The Labute approximate surface area is 227 Å². The van der Waals surface area contributed by atoms with E-state index in [1.165, 1.54) is 16.8 Å². The molecule has 39 heavy (non-hydrogen) atoms. The lowest BCUT2D eigenvalue weighted by Gasteiger charge is -2.38. The number of carbonyl (C=O) groups is 3. The highest BCUT2D eigenvalue weighted by atomic mass is 35.5. The molecule has 1 aliphatic heterocycles. The van der Waals surface area contributed by atoms with Gasteiger partial charge in [0, 0.05) is 49.2 Å². The number of fused-ring (bicyclic) bond motifs is 1. The molecule has 0 bridgehead atoms. The number of piperazine rings is 1. The van der Waals surface area contributed by atoms with Gasteiger partial charge >= 0.3 is 6.18 Å². The molecule has 4 rings (SSSR count). The second kappa shape index (κ2) is 10.9. The molecule has 1 aliphatic rings. The Morgan fingerprint density at radius 2 is 1.72 bits per heavy atom. The third-order valence-electron chi connectivity index (χ3n) is 6.59. The summed E-state index contributed by atoms with van der Waals surface area (Å²) >= 11 is 6.33. The number of hydrogen-bond acceptors (Lipinski definition) is 6. The van der Waals surface area contributed by atoms with Gasteiger partial charge in [0.1, 0.15) is 17.9 Å². The van der Waals surface area contributed by atoms with Gasteiger partial charge < -0.3 is 14.9 Å². The van der Waals surface area contributed by atoms with E-state index in [9.17, 15) is 32.7 Å². The minimum Gasteiger partial charge on any atom is -0.395 e. The van der Waals surface area contributed by atoms with Crippen LogP contribution in [0.4, 0.5) is 13.2 Å². The quantitative estimate of drug-likeness (QED) is 0.441. The third kappa shape index (κ3) is 6.39. The van der Waals surface area contributed by atoms with Crippen molar-refractivity contribution in [3.05, 3.63) is 58.5 Å². The topological polar surface area (TPSA) is 109 Å². The minimum absolute atomic E-state index is 0.0508. The van der Waals surface area contributed by atoms with Crippen molar-refractivity contribution < 1.29 is 32.7 Å². The lowest BCUT2D eigenvalue weighted by molar-refractivity contribution is -0.147. The molecule has 3 heterocycles. The summed E-state index contributed by atoms with van der Waals surface area (Å²) in [6, 6.07) is 6.29. The predicted molar refractivity (Wildman–Crippen MR) is 136 cm³/mol. The second-order valence-corrected chi connectivity index (χ2v) is 10.5. The lowest BCUT2D eigenvalue weighted by atomic mass is 9.92. The summed E-state index contributed by atoms with van der Waals surface area (Å²) < 4.78 is 40.3. The Morgan fingerprint density at radius 3 is 2.36 bits per heavy atom. The van der Waals surface area contributed by atoms with E-state index >= 15 is 0 Å². The van der Waals surface area contributed by atoms with Crippen LogP contribution in [0, 0.1) is 5.41 Å². The van der Waals surface area contributed by atoms with Crippen LogP contribution in [-0.2, 0) is 28.7 Å². The molecule has 0 atom stereocenters. The molecule has 2 amide bonds. The van der Waals surface area contributed by atoms with Gasteiger partial charge in [0.25, 0.3) is 0 Å². The van der Waals surface area contributed by atoms with E-state index in [4.69, 9.17) is 11.6 Å². The Kier molecular flexibility index (Phi) is 7.99. The van der Waals surface area contributed by atoms with Gasteiger partial charge in [-0.2, -0.15) is 18.3 Å². The normalized spacial score (nSPS) is 14.6. The molecule has 0 saturated carbocycles. The van der Waals surface area contributed by atoms with Gasteiger partial charge in [0.15, 0.2) is 5.78 Å². The van der Waals surface area contributed by atoms with E-state index in [1.807, 2.05) is 0 Å². The zero-order valence-corrected chi connectivity index (χ0v) is 22.1. The molecule has 1 fully saturated rings. The number of rotatable bonds is 7. The molecule has 208 valence electrons. The van der Waals surface area contributed by atoms with Crippen molar-refractivity contribution in [2.24, 2.45) is 5.41 Å². The van der Waals surface area contributed by atoms with Gasteiger partial charge in [-0.05, 0) is 43.7 Å². The number of ketones is 1. The fraction of sp³-hybridized carbons (Fsp3) is 0.423. The number of amides is 2. The van der Waals surface area contributed by atoms with E-state index < -0.39 is 23.1 Å². The molecule has 0 spiro atoms. The van der Waals surface area contributed by atoms with Gasteiger partial charge in [-0.3, -0.25) is 19.1 Å². The van der Waals surface area contributed by atoms with Crippen LogP contribution in [0.2, 0.25) is 5.02 Å². The molecular formula is C26H27ClF3N5O4. The molecule has 13 heteroatoms. The summed E-state index contributed by atoms with van der Waals surface area (Å²) in [5.74, 6) is -0.969. The smallest absolute Gasteiger partial charge is 0.395 e. The van der Waals surface area contributed by atoms with Crippen molar-refractivity contribution in [2.45, 2.75) is 33.0 Å². The van der Waals surface area contributed by atoms with Gasteiger partial charge in [-0.25, -0.2) is 4.98 Å². The van der Waals surface area contributed by atoms with Crippen LogP contribution in [-0.4, -0.2) is 80.1 Å². The molecule has 9 nitrogen and oxygen atoms in total. The van der Waals surface area contributed by atoms with Crippen LogP contribution in [0.1, 0.15) is 35.6 Å². The Hall–Kier alpha value is -3.51. The van der Waals surface area contributed by atoms with Crippen LogP contribution in [0.3, 0.4) is 0 Å². The number of Topliss-reactive ketones (excluding diaryl/α,β-unsaturated/α-hetero) is 1. The van der Waals surface area contributed by atoms with E-state index in [2.05, 4.69) is 10.1 Å². The average molecular weight is 566 g/mol. The largest absolute Gasteiger partial charge is 0.433 e. The fourth-order valence-corrected chi connectivity index (χ4v) is 4.49. The first-order valence-corrected chi connectivity index (χ1v) is 12.6. The summed E-state index contributed by atoms with van der Waals surface area (Å²) in [7, 11) is 0. The molecule has 0 radical (unpaired) electrons. The number of aliphatic hydroxyl groups excluding tert-OH is 1. The number of aliphatic hydroxyl groups is 1. The van der Waals surface area contributed by atoms with Gasteiger partial charge in [-0.1, -0.05) is 17.7 Å². The Bertz CT molecular complexity index is 1410. The SMILES string of the molecule is CC(C)(CO)C(=O)N1CCN(C(=O)Cn2cc3cc(CC(=O)c4cccc(C(F)(F)F)n4)c(Cl)cc3n2)CC1. The second-order valence-electron chi connectivity index (χ2n) is 10.0. The van der Waals surface area contributed by atoms with Crippen LogP contribution in [0.25, 0.3) is 10.9 Å². The van der Waals surface area contributed by atoms with Gasteiger partial charge in [0.05, 0.1) is 17.5 Å². The fourth-order valence-electron chi connectivity index (χ4n) is 4.27. The van der Waals surface area contributed by atoms with Crippen molar-refractivity contribution in [2.75, 3.05) is 32.8 Å².